The molecule has 52 valence electrons. The predicted molar refractivity (Wildman–Crippen MR) is 43.0 cm³/mol. The van der Waals surface area contributed by atoms with Crippen LogP contribution in [0.3, 0.4) is 0 Å². The van der Waals surface area contributed by atoms with Gasteiger partial charge in [0.2, 0.25) is 0 Å². The number of aliphatic hydroxyl groups is 1. The smallest absolute Gasteiger partial charge is 0.104 e. The van der Waals surface area contributed by atoms with Crippen molar-refractivity contribution in [2.75, 3.05) is 6.61 Å². The third kappa shape index (κ3) is 1.87. The van der Waals surface area contributed by atoms with Crippen LogP contribution in [0.25, 0.3) is 0 Å². The zero-order chi connectivity index (χ0) is 7.40. The summed E-state index contributed by atoms with van der Waals surface area (Å²) in [4.78, 5) is 2.27. The first-order valence-corrected chi connectivity index (χ1v) is 3.81. The molecular formula is C8H8OS. The van der Waals surface area contributed by atoms with Gasteiger partial charge in [0, 0.05) is 4.88 Å². The molecule has 0 unspecified atom stereocenters. The van der Waals surface area contributed by atoms with Crippen LogP contribution in [0.2, 0.25) is 0 Å². The lowest BCUT2D eigenvalue weighted by Crippen LogP contribution is -1.70. The van der Waals surface area contributed by atoms with E-state index in [-0.39, 0.29) is 6.61 Å². The fraction of sp³-hybridized carbons (Fsp3) is 0.250. The summed E-state index contributed by atoms with van der Waals surface area (Å²) < 4.78 is 0. The zero-order valence-electron chi connectivity index (χ0n) is 5.72. The Labute approximate surface area is 64.3 Å². The van der Waals surface area contributed by atoms with Crippen LogP contribution in [0.5, 0.6) is 0 Å². The van der Waals surface area contributed by atoms with Crippen LogP contribution in [0, 0.1) is 18.8 Å². The van der Waals surface area contributed by atoms with E-state index in [1.165, 1.54) is 4.88 Å². The van der Waals surface area contributed by atoms with Gasteiger partial charge in [-0.2, -0.15) is 0 Å². The maximum absolute atomic E-state index is 8.37. The molecule has 1 nitrogen and oxygen atoms in total. The first-order valence-electron chi connectivity index (χ1n) is 2.99. The van der Waals surface area contributed by atoms with Crippen molar-refractivity contribution < 1.29 is 5.11 Å². The molecule has 0 aliphatic heterocycles. The molecule has 1 heterocycles. The van der Waals surface area contributed by atoms with Crippen LogP contribution < -0.4 is 0 Å². The molecule has 0 saturated carbocycles. The largest absolute Gasteiger partial charge is 0.384 e. The Morgan fingerprint density at radius 1 is 1.60 bits per heavy atom. The van der Waals surface area contributed by atoms with Crippen molar-refractivity contribution in [3.8, 4) is 11.8 Å². The molecule has 0 radical (unpaired) electrons. The second kappa shape index (κ2) is 3.40. The molecule has 0 aliphatic carbocycles. The van der Waals surface area contributed by atoms with E-state index in [0.29, 0.717) is 0 Å². The summed E-state index contributed by atoms with van der Waals surface area (Å²) in [6.45, 7) is 1.98. The van der Waals surface area contributed by atoms with E-state index in [0.717, 1.165) is 4.88 Å². The van der Waals surface area contributed by atoms with Crippen molar-refractivity contribution in [1.29, 1.82) is 0 Å². The lowest BCUT2D eigenvalue weighted by molar-refractivity contribution is 0.350. The van der Waals surface area contributed by atoms with Gasteiger partial charge in [-0.25, -0.2) is 0 Å². The Hall–Kier alpha value is -0.780. The van der Waals surface area contributed by atoms with Gasteiger partial charge in [0.1, 0.15) is 6.61 Å². The average molecular weight is 152 g/mol. The van der Waals surface area contributed by atoms with Gasteiger partial charge in [-0.15, -0.1) is 11.3 Å². The molecule has 0 aliphatic rings. The molecule has 2 heteroatoms. The van der Waals surface area contributed by atoms with E-state index >= 15 is 0 Å². The van der Waals surface area contributed by atoms with Gasteiger partial charge in [-0.3, -0.25) is 0 Å². The van der Waals surface area contributed by atoms with Crippen LogP contribution in [0.1, 0.15) is 9.75 Å². The molecule has 1 aromatic rings. The van der Waals surface area contributed by atoms with Crippen molar-refractivity contribution >= 4 is 11.3 Å². The molecule has 0 spiro atoms. The van der Waals surface area contributed by atoms with E-state index < -0.39 is 0 Å². The molecule has 1 rings (SSSR count). The highest BCUT2D eigenvalue weighted by Gasteiger charge is 1.88. The number of hydrogen-bond acceptors (Lipinski definition) is 2. The Bertz CT molecular complexity index is 264. The molecule has 1 aromatic heterocycles. The minimum absolute atomic E-state index is 0.0586. The number of rotatable bonds is 0. The standard InChI is InChI=1S/C8H8OS/c1-7-4-5-8(10-7)3-2-6-9/h4-5,9H,6H2,1H3. The van der Waals surface area contributed by atoms with Crippen molar-refractivity contribution in [2.45, 2.75) is 6.92 Å². The van der Waals surface area contributed by atoms with Gasteiger partial charge in [-0.05, 0) is 19.1 Å². The zero-order valence-corrected chi connectivity index (χ0v) is 6.53. The molecular weight excluding hydrogens is 144 g/mol. The van der Waals surface area contributed by atoms with Crippen molar-refractivity contribution in [3.63, 3.8) is 0 Å². The summed E-state index contributed by atoms with van der Waals surface area (Å²) >= 11 is 1.64. The number of thiophene rings is 1. The van der Waals surface area contributed by atoms with Crippen molar-refractivity contribution in [2.24, 2.45) is 0 Å². The van der Waals surface area contributed by atoms with Gasteiger partial charge in [0.15, 0.2) is 0 Å². The predicted octanol–water partition coefficient (Wildman–Crippen LogP) is 1.40. The number of aryl methyl sites for hydroxylation is 1. The highest BCUT2D eigenvalue weighted by atomic mass is 32.1. The Balaban J connectivity index is 2.76. The molecule has 1 N–H and O–H groups in total. The average Bonchev–Trinajstić information content (AvgIpc) is 2.31. The lowest BCUT2D eigenvalue weighted by Gasteiger charge is -1.75. The topological polar surface area (TPSA) is 20.2 Å². The number of aliphatic hydroxyl groups excluding tert-OH is 1. The molecule has 10 heavy (non-hydrogen) atoms. The third-order valence-electron chi connectivity index (χ3n) is 1.03. The highest BCUT2D eigenvalue weighted by Crippen LogP contribution is 2.12. The van der Waals surface area contributed by atoms with Gasteiger partial charge in [-0.1, -0.05) is 11.8 Å². The van der Waals surface area contributed by atoms with E-state index in [1.807, 2.05) is 19.1 Å². The summed E-state index contributed by atoms with van der Waals surface area (Å²) in [6.07, 6.45) is 0. The van der Waals surface area contributed by atoms with Gasteiger partial charge >= 0.3 is 0 Å². The first-order chi connectivity index (χ1) is 4.83. The van der Waals surface area contributed by atoms with Crippen molar-refractivity contribution in [1.82, 2.24) is 0 Å². The monoisotopic (exact) mass is 152 g/mol. The summed E-state index contributed by atoms with van der Waals surface area (Å²) in [5.74, 6) is 5.43. The van der Waals surface area contributed by atoms with E-state index in [1.54, 1.807) is 11.3 Å². The van der Waals surface area contributed by atoms with Crippen LogP contribution in [0.15, 0.2) is 12.1 Å². The quantitative estimate of drug-likeness (QED) is 0.557. The molecule has 0 amide bonds. The van der Waals surface area contributed by atoms with E-state index in [9.17, 15) is 0 Å². The van der Waals surface area contributed by atoms with Crippen LogP contribution in [0.4, 0.5) is 0 Å². The fourth-order valence-corrected chi connectivity index (χ4v) is 1.37. The summed E-state index contributed by atoms with van der Waals surface area (Å²) in [5.41, 5.74) is 0. The molecule has 0 bridgehead atoms. The molecule has 0 aromatic carbocycles. The van der Waals surface area contributed by atoms with E-state index in [2.05, 4.69) is 11.8 Å². The Kier molecular flexibility index (Phi) is 2.49. The van der Waals surface area contributed by atoms with Crippen molar-refractivity contribution in [3.05, 3.63) is 21.9 Å². The van der Waals surface area contributed by atoms with Crippen LogP contribution in [-0.2, 0) is 0 Å². The third-order valence-corrected chi connectivity index (χ3v) is 1.95. The van der Waals surface area contributed by atoms with Gasteiger partial charge < -0.3 is 5.11 Å². The second-order valence-electron chi connectivity index (χ2n) is 1.87. The first kappa shape index (κ1) is 7.33. The Morgan fingerprint density at radius 2 is 2.40 bits per heavy atom. The van der Waals surface area contributed by atoms with Crippen LogP contribution in [-0.4, -0.2) is 11.7 Å². The number of hydrogen-bond donors (Lipinski definition) is 1. The maximum Gasteiger partial charge on any atom is 0.104 e. The molecule has 0 fully saturated rings. The lowest BCUT2D eigenvalue weighted by atomic mass is 10.4. The SMILES string of the molecule is Cc1ccc(C#CCO)s1. The maximum atomic E-state index is 8.37. The summed E-state index contributed by atoms with van der Waals surface area (Å²) in [6, 6.07) is 3.98. The normalized spacial score (nSPS) is 8.60. The second-order valence-corrected chi connectivity index (χ2v) is 3.16. The Morgan fingerprint density at radius 3 is 2.90 bits per heavy atom. The molecule has 0 atom stereocenters. The fourth-order valence-electron chi connectivity index (χ4n) is 0.628. The minimum Gasteiger partial charge on any atom is -0.384 e. The minimum atomic E-state index is -0.0586. The van der Waals surface area contributed by atoms with Crippen LogP contribution >= 0.6 is 11.3 Å². The molecule has 0 saturated heterocycles. The van der Waals surface area contributed by atoms with E-state index in [4.69, 9.17) is 5.11 Å². The summed E-state index contributed by atoms with van der Waals surface area (Å²) in [7, 11) is 0. The van der Waals surface area contributed by atoms with Gasteiger partial charge in [0.05, 0.1) is 4.88 Å². The summed E-state index contributed by atoms with van der Waals surface area (Å²) in [5, 5.41) is 8.37. The van der Waals surface area contributed by atoms with Gasteiger partial charge in [0.25, 0.3) is 0 Å². The highest BCUT2D eigenvalue weighted by molar-refractivity contribution is 7.12.